The van der Waals surface area contributed by atoms with Crippen molar-refractivity contribution in [3.63, 3.8) is 0 Å². The Morgan fingerprint density at radius 1 is 1.36 bits per heavy atom. The first kappa shape index (κ1) is 8.97. The number of aromatic nitrogens is 1. The highest BCUT2D eigenvalue weighted by Crippen LogP contribution is 2.23. The smallest absolute Gasteiger partial charge is 0.168 e. The van der Waals surface area contributed by atoms with Gasteiger partial charge < -0.3 is 5.73 Å². The molecule has 2 N–H and O–H groups in total. The van der Waals surface area contributed by atoms with Gasteiger partial charge in [-0.05, 0) is 24.3 Å². The molecule has 0 radical (unpaired) electrons. The molecule has 70 valence electrons. The van der Waals surface area contributed by atoms with E-state index >= 15 is 0 Å². The molecule has 0 unspecified atom stereocenters. The number of anilines is 1. The summed E-state index contributed by atoms with van der Waals surface area (Å²) in [7, 11) is 0. The molecule has 2 rings (SSSR count). The number of rotatable bonds is 1. The lowest BCUT2D eigenvalue weighted by Crippen LogP contribution is -1.94. The standard InChI is InChI=1S/C10H7ClN2O/c11-6-1-2-8-9(12)4-7(5-14)13-10(8)3-6/h1-5H,(H2,12,13). The number of benzene rings is 1. The van der Waals surface area contributed by atoms with E-state index in [9.17, 15) is 4.79 Å². The normalized spacial score (nSPS) is 10.4. The number of fused-ring (bicyclic) bond motifs is 1. The maximum Gasteiger partial charge on any atom is 0.168 e. The minimum atomic E-state index is 0.317. The van der Waals surface area contributed by atoms with E-state index in [2.05, 4.69) is 4.98 Å². The number of hydrogen-bond donors (Lipinski definition) is 1. The summed E-state index contributed by atoms with van der Waals surface area (Å²) in [5.74, 6) is 0. The number of carbonyl (C=O) groups is 1. The SMILES string of the molecule is Nc1cc(C=O)nc2cc(Cl)ccc12. The number of carbonyl (C=O) groups excluding carboxylic acids is 1. The number of halogens is 1. The van der Waals surface area contributed by atoms with Crippen LogP contribution in [0.2, 0.25) is 5.02 Å². The van der Waals surface area contributed by atoms with E-state index in [1.54, 1.807) is 24.3 Å². The van der Waals surface area contributed by atoms with E-state index in [1.807, 2.05) is 0 Å². The fraction of sp³-hybridized carbons (Fsp3) is 0. The molecule has 14 heavy (non-hydrogen) atoms. The molecule has 1 aromatic heterocycles. The average Bonchev–Trinajstić information content (AvgIpc) is 2.16. The number of aldehydes is 1. The maximum atomic E-state index is 10.5. The van der Waals surface area contributed by atoms with E-state index in [-0.39, 0.29) is 0 Å². The molecule has 2 aromatic rings. The first-order valence-electron chi connectivity index (χ1n) is 4.01. The van der Waals surface area contributed by atoms with Crippen molar-refractivity contribution in [3.8, 4) is 0 Å². The maximum absolute atomic E-state index is 10.5. The van der Waals surface area contributed by atoms with E-state index in [1.165, 1.54) is 0 Å². The predicted molar refractivity (Wildman–Crippen MR) is 56.6 cm³/mol. The second kappa shape index (κ2) is 3.27. The monoisotopic (exact) mass is 206 g/mol. The fourth-order valence-electron chi connectivity index (χ4n) is 1.31. The van der Waals surface area contributed by atoms with E-state index in [4.69, 9.17) is 17.3 Å². The van der Waals surface area contributed by atoms with Gasteiger partial charge in [0.25, 0.3) is 0 Å². The topological polar surface area (TPSA) is 56.0 Å². The van der Waals surface area contributed by atoms with Gasteiger partial charge in [-0.15, -0.1) is 0 Å². The molecule has 0 aliphatic heterocycles. The molecule has 0 amide bonds. The van der Waals surface area contributed by atoms with E-state index < -0.39 is 0 Å². The molecule has 3 nitrogen and oxygen atoms in total. The summed E-state index contributed by atoms with van der Waals surface area (Å²) in [4.78, 5) is 14.6. The average molecular weight is 207 g/mol. The first-order chi connectivity index (χ1) is 6.70. The van der Waals surface area contributed by atoms with Crippen LogP contribution in [-0.2, 0) is 0 Å². The van der Waals surface area contributed by atoms with E-state index in [0.29, 0.717) is 28.2 Å². The van der Waals surface area contributed by atoms with Crippen molar-refractivity contribution in [3.05, 3.63) is 35.0 Å². The van der Waals surface area contributed by atoms with Crippen LogP contribution in [0.25, 0.3) is 10.9 Å². The summed E-state index contributed by atoms with van der Waals surface area (Å²) in [6.45, 7) is 0. The minimum absolute atomic E-state index is 0.317. The van der Waals surface area contributed by atoms with Gasteiger partial charge >= 0.3 is 0 Å². The highest BCUT2D eigenvalue weighted by atomic mass is 35.5. The van der Waals surface area contributed by atoms with Crippen LogP contribution >= 0.6 is 11.6 Å². The lowest BCUT2D eigenvalue weighted by atomic mass is 10.1. The second-order valence-corrected chi connectivity index (χ2v) is 3.35. The molecule has 0 bridgehead atoms. The first-order valence-corrected chi connectivity index (χ1v) is 4.39. The zero-order valence-electron chi connectivity index (χ0n) is 7.20. The Kier molecular flexibility index (Phi) is 2.09. The van der Waals surface area contributed by atoms with Crippen molar-refractivity contribution in [1.82, 2.24) is 4.98 Å². The number of hydrogen-bond acceptors (Lipinski definition) is 3. The summed E-state index contributed by atoms with van der Waals surface area (Å²) < 4.78 is 0. The third-order valence-electron chi connectivity index (χ3n) is 1.94. The lowest BCUT2D eigenvalue weighted by molar-refractivity contribution is 0.111. The summed E-state index contributed by atoms with van der Waals surface area (Å²) in [6, 6.07) is 6.75. The largest absolute Gasteiger partial charge is 0.398 e. The molecule has 0 saturated carbocycles. The minimum Gasteiger partial charge on any atom is -0.398 e. The van der Waals surface area contributed by atoms with Gasteiger partial charge in [0.05, 0.1) is 5.52 Å². The van der Waals surface area contributed by atoms with Crippen molar-refractivity contribution in [2.75, 3.05) is 5.73 Å². The Morgan fingerprint density at radius 2 is 2.14 bits per heavy atom. The summed E-state index contributed by atoms with van der Waals surface area (Å²) in [5, 5.41) is 1.38. The summed E-state index contributed by atoms with van der Waals surface area (Å²) in [6.07, 6.45) is 0.663. The summed E-state index contributed by atoms with van der Waals surface area (Å²) in [5.41, 5.74) is 7.23. The second-order valence-electron chi connectivity index (χ2n) is 2.92. The number of nitrogens with two attached hydrogens (primary N) is 1. The zero-order valence-corrected chi connectivity index (χ0v) is 7.95. The molecule has 0 spiro atoms. The molecule has 4 heteroatoms. The van der Waals surface area contributed by atoms with Crippen LogP contribution in [0.15, 0.2) is 24.3 Å². The van der Waals surface area contributed by atoms with Crippen LogP contribution in [-0.4, -0.2) is 11.3 Å². The molecular weight excluding hydrogens is 200 g/mol. The Hall–Kier alpha value is -1.61. The van der Waals surface area contributed by atoms with Gasteiger partial charge in [-0.1, -0.05) is 11.6 Å². The molecule has 0 atom stereocenters. The third-order valence-corrected chi connectivity index (χ3v) is 2.18. The number of nitrogens with zero attached hydrogens (tertiary/aromatic N) is 1. The van der Waals surface area contributed by atoms with Gasteiger partial charge in [0.1, 0.15) is 5.69 Å². The van der Waals surface area contributed by atoms with Crippen LogP contribution in [0.1, 0.15) is 10.5 Å². The Balaban J connectivity index is 2.83. The molecular formula is C10H7ClN2O. The predicted octanol–water partition coefficient (Wildman–Crippen LogP) is 2.28. The van der Waals surface area contributed by atoms with Crippen LogP contribution in [0.4, 0.5) is 5.69 Å². The molecule has 0 saturated heterocycles. The fourth-order valence-corrected chi connectivity index (χ4v) is 1.48. The molecule has 1 aromatic carbocycles. The number of nitrogen functional groups attached to an aromatic ring is 1. The third kappa shape index (κ3) is 1.42. The molecule has 1 heterocycles. The highest BCUT2D eigenvalue weighted by molar-refractivity contribution is 6.31. The van der Waals surface area contributed by atoms with Crippen LogP contribution in [0, 0.1) is 0 Å². The van der Waals surface area contributed by atoms with E-state index in [0.717, 1.165) is 5.39 Å². The summed E-state index contributed by atoms with van der Waals surface area (Å²) >= 11 is 5.80. The molecule has 0 aliphatic carbocycles. The van der Waals surface area contributed by atoms with Gasteiger partial charge in [-0.3, -0.25) is 4.79 Å². The zero-order chi connectivity index (χ0) is 10.1. The quantitative estimate of drug-likeness (QED) is 0.729. The van der Waals surface area contributed by atoms with Crippen molar-refractivity contribution in [2.24, 2.45) is 0 Å². The van der Waals surface area contributed by atoms with Crippen molar-refractivity contribution >= 4 is 34.5 Å². The van der Waals surface area contributed by atoms with Crippen molar-refractivity contribution < 1.29 is 4.79 Å². The molecule has 0 fully saturated rings. The Labute approximate surface area is 85.5 Å². The van der Waals surface area contributed by atoms with Gasteiger partial charge in [0, 0.05) is 16.1 Å². The number of pyridine rings is 1. The molecule has 0 aliphatic rings. The Morgan fingerprint density at radius 3 is 2.86 bits per heavy atom. The van der Waals surface area contributed by atoms with Gasteiger partial charge in [-0.2, -0.15) is 0 Å². The van der Waals surface area contributed by atoms with Crippen LogP contribution < -0.4 is 5.73 Å². The lowest BCUT2D eigenvalue weighted by Gasteiger charge is -2.02. The van der Waals surface area contributed by atoms with Gasteiger partial charge in [0.2, 0.25) is 0 Å². The van der Waals surface area contributed by atoms with Crippen molar-refractivity contribution in [2.45, 2.75) is 0 Å². The highest BCUT2D eigenvalue weighted by Gasteiger charge is 2.02. The van der Waals surface area contributed by atoms with Crippen LogP contribution in [0.3, 0.4) is 0 Å². The van der Waals surface area contributed by atoms with Crippen molar-refractivity contribution in [1.29, 1.82) is 0 Å². The van der Waals surface area contributed by atoms with Crippen LogP contribution in [0.5, 0.6) is 0 Å². The van der Waals surface area contributed by atoms with Gasteiger partial charge in [-0.25, -0.2) is 4.98 Å². The van der Waals surface area contributed by atoms with Gasteiger partial charge in [0.15, 0.2) is 6.29 Å². The Bertz CT molecular complexity index is 511.